The molecule has 4 nitrogen and oxygen atoms in total. The minimum absolute atomic E-state index is 0.258. The molecule has 0 heterocycles. The topological polar surface area (TPSA) is 50.4 Å². The molecule has 0 unspecified atom stereocenters. The van der Waals surface area contributed by atoms with Crippen molar-refractivity contribution in [2.45, 2.75) is 26.3 Å². The van der Waals surface area contributed by atoms with E-state index in [9.17, 15) is 4.79 Å². The Kier molecular flexibility index (Phi) is 7.70. The maximum absolute atomic E-state index is 12.2. The van der Waals surface area contributed by atoms with E-state index in [0.29, 0.717) is 23.7 Å². The van der Waals surface area contributed by atoms with Crippen LogP contribution in [0.4, 0.5) is 0 Å². The molecule has 2 aromatic carbocycles. The van der Waals surface area contributed by atoms with Gasteiger partial charge in [0.25, 0.3) is 5.91 Å². The van der Waals surface area contributed by atoms with Gasteiger partial charge in [0.2, 0.25) is 0 Å². The van der Waals surface area contributed by atoms with Crippen LogP contribution in [0.2, 0.25) is 5.02 Å². The van der Waals surface area contributed by atoms with Crippen molar-refractivity contribution in [2.24, 2.45) is 0 Å². The molecular weight excluding hydrogens is 356 g/mol. The summed E-state index contributed by atoms with van der Waals surface area (Å²) in [6, 6.07) is 14.5. The number of halogens is 1. The van der Waals surface area contributed by atoms with Crippen molar-refractivity contribution in [2.75, 3.05) is 6.61 Å². The maximum Gasteiger partial charge on any atom is 0.257 e. The van der Waals surface area contributed by atoms with Crippen molar-refractivity contribution < 1.29 is 9.53 Å². The number of ether oxygens (including phenoxy) is 1. The van der Waals surface area contributed by atoms with E-state index in [-0.39, 0.29) is 11.0 Å². The highest BCUT2D eigenvalue weighted by atomic mass is 35.5. The Morgan fingerprint density at radius 3 is 2.56 bits per heavy atom. The van der Waals surface area contributed by atoms with Gasteiger partial charge < -0.3 is 10.1 Å². The molecule has 2 aromatic rings. The number of amides is 1. The van der Waals surface area contributed by atoms with Crippen LogP contribution in [-0.2, 0) is 6.54 Å². The van der Waals surface area contributed by atoms with E-state index in [1.54, 1.807) is 24.3 Å². The van der Waals surface area contributed by atoms with Gasteiger partial charge in [-0.1, -0.05) is 43.1 Å². The SMILES string of the molecule is CCCCOc1ccc(C(=O)NC(=S)NCc2ccccc2Cl)cc1. The summed E-state index contributed by atoms with van der Waals surface area (Å²) in [6.45, 7) is 3.24. The Bertz CT molecular complexity index is 720. The summed E-state index contributed by atoms with van der Waals surface area (Å²) in [4.78, 5) is 12.2. The van der Waals surface area contributed by atoms with Crippen LogP contribution in [0.3, 0.4) is 0 Å². The molecule has 6 heteroatoms. The lowest BCUT2D eigenvalue weighted by Gasteiger charge is -2.11. The van der Waals surface area contributed by atoms with Gasteiger partial charge in [-0.15, -0.1) is 0 Å². The standard InChI is InChI=1S/C19H21ClN2O2S/c1-2-3-12-24-16-10-8-14(9-11-16)18(23)22-19(25)21-13-15-6-4-5-7-17(15)20/h4-11H,2-3,12-13H2,1H3,(H2,21,22,23,25). The van der Waals surface area contributed by atoms with Crippen LogP contribution in [-0.4, -0.2) is 17.6 Å². The fourth-order valence-electron chi connectivity index (χ4n) is 2.07. The van der Waals surface area contributed by atoms with Crippen molar-refractivity contribution in [3.8, 4) is 5.75 Å². The Morgan fingerprint density at radius 2 is 1.88 bits per heavy atom. The Hall–Kier alpha value is -2.11. The molecule has 25 heavy (non-hydrogen) atoms. The Morgan fingerprint density at radius 1 is 1.16 bits per heavy atom. The average Bonchev–Trinajstić information content (AvgIpc) is 2.62. The number of unbranched alkanes of at least 4 members (excludes halogenated alkanes) is 1. The van der Waals surface area contributed by atoms with Gasteiger partial charge in [-0.3, -0.25) is 10.1 Å². The highest BCUT2D eigenvalue weighted by molar-refractivity contribution is 7.80. The quantitative estimate of drug-likeness (QED) is 0.558. The second-order valence-electron chi connectivity index (χ2n) is 5.45. The van der Waals surface area contributed by atoms with Crippen molar-refractivity contribution in [1.82, 2.24) is 10.6 Å². The fourth-order valence-corrected chi connectivity index (χ4v) is 2.44. The first-order valence-electron chi connectivity index (χ1n) is 8.15. The maximum atomic E-state index is 12.2. The summed E-state index contributed by atoms with van der Waals surface area (Å²) in [7, 11) is 0. The smallest absolute Gasteiger partial charge is 0.257 e. The normalized spacial score (nSPS) is 10.2. The molecule has 0 saturated carbocycles. The van der Waals surface area contributed by atoms with Crippen LogP contribution < -0.4 is 15.4 Å². The summed E-state index contributed by atoms with van der Waals surface area (Å²) in [6.07, 6.45) is 2.09. The number of rotatable bonds is 7. The van der Waals surface area contributed by atoms with Crippen LogP contribution in [0.1, 0.15) is 35.7 Å². The van der Waals surface area contributed by atoms with E-state index in [1.165, 1.54) is 0 Å². The second kappa shape index (κ2) is 10.0. The first-order valence-corrected chi connectivity index (χ1v) is 8.94. The molecule has 1 amide bonds. The lowest BCUT2D eigenvalue weighted by molar-refractivity contribution is 0.0976. The number of carbonyl (C=O) groups excluding carboxylic acids is 1. The first kappa shape index (κ1) is 19.2. The molecule has 0 aliphatic heterocycles. The Labute approximate surface area is 158 Å². The minimum atomic E-state index is -0.267. The predicted molar refractivity (Wildman–Crippen MR) is 105 cm³/mol. The monoisotopic (exact) mass is 376 g/mol. The van der Waals surface area contributed by atoms with E-state index in [1.807, 2.05) is 24.3 Å². The van der Waals surface area contributed by atoms with Gasteiger partial charge >= 0.3 is 0 Å². The van der Waals surface area contributed by atoms with Crippen LogP contribution >= 0.6 is 23.8 Å². The zero-order valence-corrected chi connectivity index (χ0v) is 15.6. The van der Waals surface area contributed by atoms with Crippen LogP contribution in [0.15, 0.2) is 48.5 Å². The highest BCUT2D eigenvalue weighted by Crippen LogP contribution is 2.14. The molecule has 0 atom stereocenters. The molecule has 0 bridgehead atoms. The number of benzene rings is 2. The molecule has 0 saturated heterocycles. The van der Waals surface area contributed by atoms with Crippen molar-refractivity contribution in [3.05, 3.63) is 64.7 Å². The summed E-state index contributed by atoms with van der Waals surface area (Å²) < 4.78 is 5.58. The van der Waals surface area contributed by atoms with Crippen LogP contribution in [0, 0.1) is 0 Å². The number of nitrogens with one attached hydrogen (secondary N) is 2. The van der Waals surface area contributed by atoms with E-state index in [2.05, 4.69) is 17.6 Å². The van der Waals surface area contributed by atoms with Gasteiger partial charge in [-0.2, -0.15) is 0 Å². The van der Waals surface area contributed by atoms with Gasteiger partial charge in [0, 0.05) is 17.1 Å². The number of hydrogen-bond acceptors (Lipinski definition) is 3. The lowest BCUT2D eigenvalue weighted by Crippen LogP contribution is -2.38. The first-order chi connectivity index (χ1) is 12.1. The summed E-state index contributed by atoms with van der Waals surface area (Å²) in [5.41, 5.74) is 1.43. The van der Waals surface area contributed by atoms with Gasteiger partial charge in [0.1, 0.15) is 5.75 Å². The molecule has 0 aliphatic carbocycles. The number of carbonyl (C=O) groups is 1. The zero-order chi connectivity index (χ0) is 18.1. The van der Waals surface area contributed by atoms with Gasteiger partial charge in [-0.25, -0.2) is 0 Å². The van der Waals surface area contributed by atoms with E-state index < -0.39 is 0 Å². The van der Waals surface area contributed by atoms with Crippen molar-refractivity contribution in [1.29, 1.82) is 0 Å². The van der Waals surface area contributed by atoms with E-state index in [0.717, 1.165) is 24.2 Å². The number of hydrogen-bond donors (Lipinski definition) is 2. The minimum Gasteiger partial charge on any atom is -0.494 e. The highest BCUT2D eigenvalue weighted by Gasteiger charge is 2.08. The summed E-state index contributed by atoms with van der Waals surface area (Å²) in [5.74, 6) is 0.487. The molecule has 2 N–H and O–H groups in total. The van der Waals surface area contributed by atoms with Crippen LogP contribution in [0.5, 0.6) is 5.75 Å². The molecule has 0 spiro atoms. The average molecular weight is 377 g/mol. The molecule has 0 aromatic heterocycles. The van der Waals surface area contributed by atoms with Gasteiger partial charge in [0.05, 0.1) is 6.61 Å². The van der Waals surface area contributed by atoms with Gasteiger partial charge in [0.15, 0.2) is 5.11 Å². The molecule has 0 radical (unpaired) electrons. The largest absolute Gasteiger partial charge is 0.494 e. The molecule has 2 rings (SSSR count). The molecular formula is C19H21ClN2O2S. The molecule has 0 fully saturated rings. The third-order valence-corrected chi connectivity index (χ3v) is 4.12. The fraction of sp³-hybridized carbons (Fsp3) is 0.263. The van der Waals surface area contributed by atoms with Crippen molar-refractivity contribution in [3.63, 3.8) is 0 Å². The van der Waals surface area contributed by atoms with Crippen molar-refractivity contribution >= 4 is 34.8 Å². The van der Waals surface area contributed by atoms with E-state index >= 15 is 0 Å². The molecule has 0 aliphatic rings. The van der Waals surface area contributed by atoms with E-state index in [4.69, 9.17) is 28.6 Å². The third-order valence-electron chi connectivity index (χ3n) is 3.51. The van der Waals surface area contributed by atoms with Gasteiger partial charge in [-0.05, 0) is 54.5 Å². The second-order valence-corrected chi connectivity index (χ2v) is 6.27. The predicted octanol–water partition coefficient (Wildman–Crippen LogP) is 4.32. The Balaban J connectivity index is 1.82. The summed E-state index contributed by atoms with van der Waals surface area (Å²) in [5, 5.41) is 6.54. The van der Waals surface area contributed by atoms with Crippen LogP contribution in [0.25, 0.3) is 0 Å². The zero-order valence-electron chi connectivity index (χ0n) is 14.0. The molecule has 132 valence electrons. The lowest BCUT2D eigenvalue weighted by atomic mass is 10.2. The summed E-state index contributed by atoms with van der Waals surface area (Å²) >= 11 is 11.2. The third kappa shape index (κ3) is 6.36. The number of thiocarbonyl (C=S) groups is 1.